The fraction of sp³-hybridized carbons (Fsp3) is 0.0769. The van der Waals surface area contributed by atoms with Crippen molar-refractivity contribution in [2.24, 2.45) is 0 Å². The number of fused-ring (bicyclic) bond motifs is 1. The molecule has 3 rings (SSSR count). The van der Waals surface area contributed by atoms with Gasteiger partial charge in [-0.3, -0.25) is 10.1 Å². The largest absolute Gasteiger partial charge is 0.399 e. The molecule has 19 heavy (non-hydrogen) atoms. The summed E-state index contributed by atoms with van der Waals surface area (Å²) in [5.74, 6) is 0.135. The predicted octanol–water partition coefficient (Wildman–Crippen LogP) is 3.03. The standard InChI is InChI=1S/C13H11N3O2S/c1-7-4-12(18-16-7)15-13(17)11-6-8-5-9(14)2-3-10(8)19-11/h2-6H,14H2,1H3,(H,15,17). The molecule has 0 spiro atoms. The van der Waals surface area contributed by atoms with Crippen molar-refractivity contribution in [2.75, 3.05) is 11.1 Å². The van der Waals surface area contributed by atoms with Crippen molar-refractivity contribution in [3.8, 4) is 0 Å². The second kappa shape index (κ2) is 4.40. The van der Waals surface area contributed by atoms with E-state index in [-0.39, 0.29) is 5.91 Å². The van der Waals surface area contributed by atoms with Gasteiger partial charge in [0.2, 0.25) is 5.88 Å². The fourth-order valence-corrected chi connectivity index (χ4v) is 2.71. The van der Waals surface area contributed by atoms with Crippen LogP contribution < -0.4 is 11.1 Å². The summed E-state index contributed by atoms with van der Waals surface area (Å²) in [6, 6.07) is 9.06. The minimum absolute atomic E-state index is 0.212. The summed E-state index contributed by atoms with van der Waals surface area (Å²) in [5, 5.41) is 7.34. The van der Waals surface area contributed by atoms with Gasteiger partial charge in [-0.05, 0) is 36.6 Å². The number of nitrogen functional groups attached to an aromatic ring is 1. The topological polar surface area (TPSA) is 81.2 Å². The van der Waals surface area contributed by atoms with Gasteiger partial charge in [0.25, 0.3) is 5.91 Å². The zero-order chi connectivity index (χ0) is 13.4. The van der Waals surface area contributed by atoms with Crippen molar-refractivity contribution < 1.29 is 9.32 Å². The van der Waals surface area contributed by atoms with Gasteiger partial charge < -0.3 is 10.3 Å². The van der Waals surface area contributed by atoms with Crippen LogP contribution in [0.2, 0.25) is 0 Å². The van der Waals surface area contributed by atoms with Gasteiger partial charge in [0, 0.05) is 16.5 Å². The molecule has 0 aliphatic heterocycles. The molecule has 5 nitrogen and oxygen atoms in total. The Balaban J connectivity index is 1.89. The molecule has 1 amide bonds. The number of anilines is 2. The van der Waals surface area contributed by atoms with Crippen LogP contribution >= 0.6 is 11.3 Å². The summed E-state index contributed by atoms with van der Waals surface area (Å²) in [5.41, 5.74) is 7.12. The van der Waals surface area contributed by atoms with Crippen molar-refractivity contribution in [3.05, 3.63) is 40.9 Å². The zero-order valence-corrected chi connectivity index (χ0v) is 11.0. The first kappa shape index (κ1) is 11.7. The van der Waals surface area contributed by atoms with Gasteiger partial charge >= 0.3 is 0 Å². The molecule has 0 aliphatic carbocycles. The number of nitrogens with zero attached hydrogens (tertiary/aromatic N) is 1. The summed E-state index contributed by atoms with van der Waals surface area (Å²) >= 11 is 1.41. The Bertz CT molecular complexity index is 760. The summed E-state index contributed by atoms with van der Waals surface area (Å²) in [4.78, 5) is 12.7. The quantitative estimate of drug-likeness (QED) is 0.703. The minimum atomic E-state index is -0.212. The van der Waals surface area contributed by atoms with Crippen LogP contribution in [-0.2, 0) is 0 Å². The van der Waals surface area contributed by atoms with Crippen molar-refractivity contribution in [1.82, 2.24) is 5.16 Å². The van der Waals surface area contributed by atoms with Crippen LogP contribution in [0.25, 0.3) is 10.1 Å². The molecule has 0 bridgehead atoms. The maximum atomic E-state index is 12.1. The van der Waals surface area contributed by atoms with E-state index in [4.69, 9.17) is 10.3 Å². The van der Waals surface area contributed by atoms with E-state index in [1.54, 1.807) is 13.0 Å². The van der Waals surface area contributed by atoms with Crippen LogP contribution in [0.15, 0.2) is 34.9 Å². The Labute approximate surface area is 113 Å². The monoisotopic (exact) mass is 273 g/mol. The Hall–Kier alpha value is -2.34. The number of hydrogen-bond donors (Lipinski definition) is 2. The summed E-state index contributed by atoms with van der Waals surface area (Å²) < 4.78 is 5.97. The molecular formula is C13H11N3O2S. The van der Waals surface area contributed by atoms with Crippen molar-refractivity contribution in [3.63, 3.8) is 0 Å². The number of benzene rings is 1. The third-order valence-electron chi connectivity index (χ3n) is 2.63. The summed E-state index contributed by atoms with van der Waals surface area (Å²) in [6.45, 7) is 1.79. The number of nitrogens with one attached hydrogen (secondary N) is 1. The zero-order valence-electron chi connectivity index (χ0n) is 10.1. The lowest BCUT2D eigenvalue weighted by Crippen LogP contribution is -2.09. The van der Waals surface area contributed by atoms with Gasteiger partial charge in [-0.25, -0.2) is 0 Å². The Kier molecular flexibility index (Phi) is 2.72. The molecule has 0 saturated carbocycles. The Morgan fingerprint density at radius 2 is 2.21 bits per heavy atom. The van der Waals surface area contributed by atoms with E-state index >= 15 is 0 Å². The van der Waals surface area contributed by atoms with Gasteiger partial charge in [-0.1, -0.05) is 5.16 Å². The van der Waals surface area contributed by atoms with E-state index in [2.05, 4.69) is 10.5 Å². The highest BCUT2D eigenvalue weighted by Crippen LogP contribution is 2.27. The second-order valence-corrected chi connectivity index (χ2v) is 5.28. The first-order valence-corrected chi connectivity index (χ1v) is 6.47. The van der Waals surface area contributed by atoms with Crippen LogP contribution in [-0.4, -0.2) is 11.1 Å². The smallest absolute Gasteiger partial charge is 0.268 e. The van der Waals surface area contributed by atoms with E-state index in [1.807, 2.05) is 24.3 Å². The maximum absolute atomic E-state index is 12.1. The summed E-state index contributed by atoms with van der Waals surface area (Å²) in [6.07, 6.45) is 0. The number of hydrogen-bond acceptors (Lipinski definition) is 5. The summed E-state index contributed by atoms with van der Waals surface area (Å²) in [7, 11) is 0. The third-order valence-corrected chi connectivity index (χ3v) is 3.74. The SMILES string of the molecule is Cc1cc(NC(=O)c2cc3cc(N)ccc3s2)on1. The molecule has 0 unspecified atom stereocenters. The number of thiophene rings is 1. The fourth-order valence-electron chi connectivity index (χ4n) is 1.77. The number of carbonyl (C=O) groups is 1. The Morgan fingerprint density at radius 1 is 1.37 bits per heavy atom. The number of carbonyl (C=O) groups excluding carboxylic acids is 1. The first-order chi connectivity index (χ1) is 9.11. The predicted molar refractivity (Wildman–Crippen MR) is 75.4 cm³/mol. The van der Waals surface area contributed by atoms with E-state index in [9.17, 15) is 4.79 Å². The molecule has 96 valence electrons. The number of rotatable bonds is 2. The second-order valence-electron chi connectivity index (χ2n) is 4.19. The van der Waals surface area contributed by atoms with E-state index in [0.717, 1.165) is 15.8 Å². The lowest BCUT2D eigenvalue weighted by molar-refractivity contribution is 0.102. The van der Waals surface area contributed by atoms with Crippen molar-refractivity contribution in [2.45, 2.75) is 6.92 Å². The molecule has 6 heteroatoms. The molecule has 0 radical (unpaired) electrons. The third kappa shape index (κ3) is 2.30. The number of amides is 1. The number of aryl methyl sites for hydroxylation is 1. The molecule has 1 aromatic carbocycles. The van der Waals surface area contributed by atoms with Crippen molar-refractivity contribution in [1.29, 1.82) is 0 Å². The molecule has 0 fully saturated rings. The molecular weight excluding hydrogens is 262 g/mol. The minimum Gasteiger partial charge on any atom is -0.399 e. The molecule has 0 atom stereocenters. The highest BCUT2D eigenvalue weighted by atomic mass is 32.1. The van der Waals surface area contributed by atoms with Crippen LogP contribution in [0.5, 0.6) is 0 Å². The lowest BCUT2D eigenvalue weighted by Gasteiger charge is -1.96. The molecule has 2 heterocycles. The van der Waals surface area contributed by atoms with Gasteiger partial charge in [0.05, 0.1) is 10.6 Å². The van der Waals surface area contributed by atoms with Gasteiger partial charge in [-0.15, -0.1) is 11.3 Å². The molecule has 3 aromatic rings. The molecule has 2 aromatic heterocycles. The highest BCUT2D eigenvalue weighted by Gasteiger charge is 2.12. The normalized spacial score (nSPS) is 10.8. The maximum Gasteiger partial charge on any atom is 0.268 e. The highest BCUT2D eigenvalue weighted by molar-refractivity contribution is 7.20. The lowest BCUT2D eigenvalue weighted by atomic mass is 10.2. The van der Waals surface area contributed by atoms with Crippen LogP contribution in [0.1, 0.15) is 15.4 Å². The average molecular weight is 273 g/mol. The van der Waals surface area contributed by atoms with Gasteiger partial charge in [0.15, 0.2) is 0 Å². The average Bonchev–Trinajstić information content (AvgIpc) is 2.95. The molecule has 3 N–H and O–H groups in total. The van der Waals surface area contributed by atoms with Crippen LogP contribution in [0.3, 0.4) is 0 Å². The first-order valence-electron chi connectivity index (χ1n) is 5.65. The Morgan fingerprint density at radius 3 is 2.95 bits per heavy atom. The van der Waals surface area contributed by atoms with Gasteiger partial charge in [0.1, 0.15) is 0 Å². The van der Waals surface area contributed by atoms with Crippen LogP contribution in [0.4, 0.5) is 11.6 Å². The van der Waals surface area contributed by atoms with Gasteiger partial charge in [-0.2, -0.15) is 0 Å². The van der Waals surface area contributed by atoms with Crippen LogP contribution in [0, 0.1) is 6.92 Å². The van der Waals surface area contributed by atoms with Crippen molar-refractivity contribution >= 4 is 38.9 Å². The van der Waals surface area contributed by atoms with E-state index in [0.29, 0.717) is 16.4 Å². The van der Waals surface area contributed by atoms with E-state index in [1.165, 1.54) is 11.3 Å². The van der Waals surface area contributed by atoms with E-state index < -0.39 is 0 Å². The number of nitrogens with two attached hydrogens (primary N) is 1. The molecule has 0 saturated heterocycles. The molecule has 0 aliphatic rings. The number of aromatic nitrogens is 1.